The lowest BCUT2D eigenvalue weighted by Crippen LogP contribution is -2.50. The zero-order valence-electron chi connectivity index (χ0n) is 19.9. The summed E-state index contributed by atoms with van der Waals surface area (Å²) in [5, 5.41) is 15.1. The number of hydrogen-bond donors (Lipinski definition) is 3. The molecule has 1 heterocycles. The van der Waals surface area contributed by atoms with E-state index >= 15 is 0 Å². The summed E-state index contributed by atoms with van der Waals surface area (Å²) in [5.41, 5.74) is 3.47. The third-order valence-electron chi connectivity index (χ3n) is 7.08. The van der Waals surface area contributed by atoms with Gasteiger partial charge in [-0.25, -0.2) is 4.79 Å². The number of alkyl carbamates (subject to hydrolysis) is 1. The predicted octanol–water partition coefficient (Wildman–Crippen LogP) is 3.55. The van der Waals surface area contributed by atoms with Crippen LogP contribution in [0, 0.1) is 11.3 Å². The van der Waals surface area contributed by atoms with Crippen LogP contribution >= 0.6 is 0 Å². The van der Waals surface area contributed by atoms with Gasteiger partial charge in [0.25, 0.3) is 0 Å². The van der Waals surface area contributed by atoms with Gasteiger partial charge in [-0.3, -0.25) is 9.59 Å². The number of fused-ring (bicyclic) bond motifs is 3. The molecule has 8 nitrogen and oxygen atoms in total. The SMILES string of the molecule is CCC(CNC(=O)OCC1c2ccccc2-c2ccccc21)C(=O)NCC1(C(=O)O)CCCOC1. The van der Waals surface area contributed by atoms with Gasteiger partial charge in [-0.15, -0.1) is 0 Å². The highest BCUT2D eigenvalue weighted by atomic mass is 16.5. The van der Waals surface area contributed by atoms with E-state index in [2.05, 4.69) is 34.9 Å². The number of carbonyl (C=O) groups excluding carboxylic acids is 2. The summed E-state index contributed by atoms with van der Waals surface area (Å²) in [4.78, 5) is 36.9. The number of carbonyl (C=O) groups is 3. The Bertz CT molecular complexity index is 1030. The first-order chi connectivity index (χ1) is 16.9. The van der Waals surface area contributed by atoms with Crippen molar-refractivity contribution in [3.05, 3.63) is 59.7 Å². The van der Waals surface area contributed by atoms with Crippen LogP contribution < -0.4 is 10.6 Å². The van der Waals surface area contributed by atoms with Crippen molar-refractivity contribution in [3.63, 3.8) is 0 Å². The summed E-state index contributed by atoms with van der Waals surface area (Å²) in [6.45, 7) is 2.77. The molecule has 0 radical (unpaired) electrons. The van der Waals surface area contributed by atoms with Crippen molar-refractivity contribution < 1.29 is 29.0 Å². The van der Waals surface area contributed by atoms with Gasteiger partial charge >= 0.3 is 12.1 Å². The minimum atomic E-state index is -1.10. The number of amides is 2. The lowest BCUT2D eigenvalue weighted by Gasteiger charge is -2.33. The number of ether oxygens (including phenoxy) is 2. The Morgan fingerprint density at radius 2 is 1.74 bits per heavy atom. The molecule has 2 aliphatic rings. The van der Waals surface area contributed by atoms with Crippen molar-refractivity contribution >= 4 is 18.0 Å². The summed E-state index contributed by atoms with van der Waals surface area (Å²) in [6, 6.07) is 16.2. The largest absolute Gasteiger partial charge is 0.481 e. The van der Waals surface area contributed by atoms with E-state index in [0.717, 1.165) is 22.3 Å². The molecule has 2 unspecified atom stereocenters. The molecule has 3 N–H and O–H groups in total. The standard InChI is InChI=1S/C27H32N2O6/c1-2-18(24(30)29-16-27(25(31)32)12-7-13-34-17-27)14-28-26(33)35-15-23-21-10-5-3-8-19(21)20-9-4-6-11-22(20)23/h3-6,8-11,18,23H,2,7,12-17H2,1H3,(H,28,33)(H,29,30)(H,31,32). The summed E-state index contributed by atoms with van der Waals surface area (Å²) >= 11 is 0. The number of benzene rings is 2. The maximum absolute atomic E-state index is 12.7. The first kappa shape index (κ1) is 24.7. The predicted molar refractivity (Wildman–Crippen MR) is 130 cm³/mol. The summed E-state index contributed by atoms with van der Waals surface area (Å²) in [5.74, 6) is -1.80. The molecular weight excluding hydrogens is 448 g/mol. The van der Waals surface area contributed by atoms with Gasteiger partial charge in [0.15, 0.2) is 0 Å². The fourth-order valence-corrected chi connectivity index (χ4v) is 4.92. The van der Waals surface area contributed by atoms with Gasteiger partial charge in [0.2, 0.25) is 5.91 Å². The van der Waals surface area contributed by atoms with Crippen molar-refractivity contribution in [3.8, 4) is 11.1 Å². The second kappa shape index (κ2) is 10.9. The minimum absolute atomic E-state index is 0.00259. The van der Waals surface area contributed by atoms with Gasteiger partial charge in [0.05, 0.1) is 12.5 Å². The van der Waals surface area contributed by atoms with Gasteiger partial charge in [-0.1, -0.05) is 55.5 Å². The van der Waals surface area contributed by atoms with Crippen LogP contribution in [0.3, 0.4) is 0 Å². The van der Waals surface area contributed by atoms with Crippen LogP contribution in [0.2, 0.25) is 0 Å². The Morgan fingerprint density at radius 3 is 2.31 bits per heavy atom. The molecule has 1 fully saturated rings. The van der Waals surface area contributed by atoms with Gasteiger partial charge in [0, 0.05) is 25.6 Å². The van der Waals surface area contributed by atoms with E-state index in [1.165, 1.54) is 0 Å². The number of aliphatic carboxylic acids is 1. The number of carboxylic acids is 1. The summed E-state index contributed by atoms with van der Waals surface area (Å²) in [6.07, 6.45) is 1.01. The van der Waals surface area contributed by atoms with Crippen LogP contribution in [-0.4, -0.2) is 56.0 Å². The average molecular weight is 481 g/mol. The van der Waals surface area contributed by atoms with Crippen LogP contribution in [0.15, 0.2) is 48.5 Å². The van der Waals surface area contributed by atoms with Crippen LogP contribution in [-0.2, 0) is 19.1 Å². The highest BCUT2D eigenvalue weighted by molar-refractivity contribution is 5.82. The molecule has 0 saturated carbocycles. The molecule has 0 spiro atoms. The molecule has 0 bridgehead atoms. The highest BCUT2D eigenvalue weighted by Gasteiger charge is 2.41. The molecule has 186 valence electrons. The lowest BCUT2D eigenvalue weighted by molar-refractivity contribution is -0.157. The molecule has 2 atom stereocenters. The number of nitrogens with one attached hydrogen (secondary N) is 2. The zero-order valence-corrected chi connectivity index (χ0v) is 19.9. The molecule has 1 aliphatic heterocycles. The van der Waals surface area contributed by atoms with E-state index in [1.54, 1.807) is 0 Å². The van der Waals surface area contributed by atoms with Crippen molar-refractivity contribution in [2.75, 3.05) is 32.9 Å². The Balaban J connectivity index is 1.28. The maximum Gasteiger partial charge on any atom is 0.407 e. The monoisotopic (exact) mass is 480 g/mol. The Hall–Kier alpha value is -3.39. The quantitative estimate of drug-likeness (QED) is 0.506. The molecule has 2 amide bonds. The van der Waals surface area contributed by atoms with Crippen LogP contribution in [0.4, 0.5) is 4.79 Å². The van der Waals surface area contributed by atoms with Crippen molar-refractivity contribution in [1.82, 2.24) is 10.6 Å². The van der Waals surface area contributed by atoms with E-state index in [-0.39, 0.29) is 38.1 Å². The van der Waals surface area contributed by atoms with Gasteiger partial charge in [-0.2, -0.15) is 0 Å². The van der Waals surface area contributed by atoms with Crippen LogP contribution in [0.25, 0.3) is 11.1 Å². The molecular formula is C27H32N2O6. The number of rotatable bonds is 9. The molecule has 8 heteroatoms. The van der Waals surface area contributed by atoms with E-state index in [4.69, 9.17) is 9.47 Å². The lowest BCUT2D eigenvalue weighted by atomic mass is 9.82. The third-order valence-corrected chi connectivity index (χ3v) is 7.08. The fraction of sp³-hybridized carbons (Fsp3) is 0.444. The molecule has 35 heavy (non-hydrogen) atoms. The minimum Gasteiger partial charge on any atom is -0.481 e. The summed E-state index contributed by atoms with van der Waals surface area (Å²) in [7, 11) is 0. The molecule has 2 aromatic rings. The van der Waals surface area contributed by atoms with Gasteiger partial charge in [-0.05, 0) is 41.5 Å². The van der Waals surface area contributed by atoms with E-state index < -0.39 is 23.4 Å². The topological polar surface area (TPSA) is 114 Å². The highest BCUT2D eigenvalue weighted by Crippen LogP contribution is 2.44. The summed E-state index contributed by atoms with van der Waals surface area (Å²) < 4.78 is 10.9. The normalized spacial score (nSPS) is 19.8. The fourth-order valence-electron chi connectivity index (χ4n) is 4.92. The van der Waals surface area contributed by atoms with Gasteiger partial charge < -0.3 is 25.2 Å². The molecule has 0 aromatic heterocycles. The number of carboxylic acid groups (broad SMARTS) is 1. The second-order valence-electron chi connectivity index (χ2n) is 9.27. The molecule has 1 aliphatic carbocycles. The van der Waals surface area contributed by atoms with Crippen molar-refractivity contribution in [2.45, 2.75) is 32.1 Å². The Kier molecular flexibility index (Phi) is 7.70. The number of hydrogen-bond acceptors (Lipinski definition) is 5. The smallest absolute Gasteiger partial charge is 0.407 e. The zero-order chi connectivity index (χ0) is 24.8. The first-order valence-corrected chi connectivity index (χ1v) is 12.1. The van der Waals surface area contributed by atoms with Crippen LogP contribution in [0.5, 0.6) is 0 Å². The first-order valence-electron chi connectivity index (χ1n) is 12.1. The van der Waals surface area contributed by atoms with Gasteiger partial charge in [0.1, 0.15) is 12.0 Å². The van der Waals surface area contributed by atoms with Crippen LogP contribution in [0.1, 0.15) is 43.2 Å². The molecule has 1 saturated heterocycles. The van der Waals surface area contributed by atoms with Crippen molar-refractivity contribution in [2.24, 2.45) is 11.3 Å². The van der Waals surface area contributed by atoms with Crippen molar-refractivity contribution in [1.29, 1.82) is 0 Å². The Labute approximate surface area is 205 Å². The maximum atomic E-state index is 12.7. The molecule has 2 aromatic carbocycles. The Morgan fingerprint density at radius 1 is 1.09 bits per heavy atom. The second-order valence-corrected chi connectivity index (χ2v) is 9.27. The third kappa shape index (κ3) is 5.32. The average Bonchev–Trinajstić information content (AvgIpc) is 3.20. The van der Waals surface area contributed by atoms with E-state index in [0.29, 0.717) is 25.9 Å². The molecule has 4 rings (SSSR count). The van der Waals surface area contributed by atoms with E-state index in [1.807, 2.05) is 31.2 Å². The van der Waals surface area contributed by atoms with E-state index in [9.17, 15) is 19.5 Å².